The summed E-state index contributed by atoms with van der Waals surface area (Å²) in [6, 6.07) is 11.7. The number of amides is 1. The molecule has 3 aliphatic rings. The van der Waals surface area contributed by atoms with Crippen molar-refractivity contribution < 1.29 is 47.9 Å². The van der Waals surface area contributed by atoms with E-state index in [1.165, 1.54) is 39.3 Å². The number of phenols is 1. The monoisotopic (exact) mass is 644 g/mol. The fourth-order valence-corrected chi connectivity index (χ4v) is 6.74. The number of aromatic hydroxyl groups is 1. The Hall–Kier alpha value is -5.66. The summed E-state index contributed by atoms with van der Waals surface area (Å²) in [4.78, 5) is 27.2. The van der Waals surface area contributed by atoms with Gasteiger partial charge in [0.25, 0.3) is 5.91 Å². The van der Waals surface area contributed by atoms with Crippen LogP contribution in [-0.2, 0) is 16.1 Å². The predicted octanol–water partition coefficient (Wildman–Crippen LogP) is 3.20. The molecule has 244 valence electrons. The number of esters is 1. The first kappa shape index (κ1) is 30.0. The summed E-state index contributed by atoms with van der Waals surface area (Å²) in [5.41, 5.74) is 3.07. The van der Waals surface area contributed by atoms with Crippen LogP contribution in [0.1, 0.15) is 44.7 Å². The zero-order chi connectivity index (χ0) is 32.8. The molecule has 1 aromatic heterocycles. The van der Waals surface area contributed by atoms with Crippen LogP contribution in [0.3, 0.4) is 0 Å². The van der Waals surface area contributed by atoms with Gasteiger partial charge in [-0.2, -0.15) is 0 Å². The van der Waals surface area contributed by atoms with E-state index in [-0.39, 0.29) is 37.4 Å². The molecule has 14 nitrogen and oxygen atoms in total. The average molecular weight is 645 g/mol. The van der Waals surface area contributed by atoms with Gasteiger partial charge < -0.3 is 43.6 Å². The highest BCUT2D eigenvalue weighted by Crippen LogP contribution is 2.55. The lowest BCUT2D eigenvalue weighted by atomic mass is 9.65. The number of hydrogen-bond acceptors (Lipinski definition) is 12. The van der Waals surface area contributed by atoms with E-state index in [1.807, 2.05) is 24.3 Å². The van der Waals surface area contributed by atoms with E-state index in [0.717, 1.165) is 22.3 Å². The molecular formula is C33H32N4O10. The Labute approximate surface area is 269 Å². The van der Waals surface area contributed by atoms with Crippen molar-refractivity contribution in [3.05, 3.63) is 76.6 Å². The number of fused-ring (bicyclic) bond motifs is 3. The first-order chi connectivity index (χ1) is 22.8. The van der Waals surface area contributed by atoms with Crippen molar-refractivity contribution in [1.82, 2.24) is 20.3 Å². The SMILES string of the molecule is COc1ccc(Cn2cc(C(=O)N[C@@H]3c4cc5c(cc4[C@@H](c4cc(OC)c(OC)c(OC)c4)[C@H]4C(=O)OC[C@@H]43)OCO5)nn2)cc1O. The Kier molecular flexibility index (Phi) is 7.62. The van der Waals surface area contributed by atoms with Crippen LogP contribution in [0.2, 0.25) is 0 Å². The Morgan fingerprint density at radius 2 is 1.64 bits per heavy atom. The lowest BCUT2D eigenvalue weighted by molar-refractivity contribution is -0.141. The van der Waals surface area contributed by atoms with Gasteiger partial charge in [-0.25, -0.2) is 4.68 Å². The Morgan fingerprint density at radius 3 is 2.30 bits per heavy atom. The number of nitrogens with zero attached hydrogens (tertiary/aromatic N) is 3. The fourth-order valence-electron chi connectivity index (χ4n) is 6.74. The first-order valence-electron chi connectivity index (χ1n) is 14.8. The zero-order valence-corrected chi connectivity index (χ0v) is 26.0. The highest BCUT2D eigenvalue weighted by molar-refractivity contribution is 5.92. The first-order valence-corrected chi connectivity index (χ1v) is 14.8. The molecule has 7 rings (SSSR count). The van der Waals surface area contributed by atoms with Crippen LogP contribution < -0.4 is 33.7 Å². The molecular weight excluding hydrogens is 612 g/mol. The Bertz CT molecular complexity index is 1850. The summed E-state index contributed by atoms with van der Waals surface area (Å²) in [6.07, 6.45) is 1.52. The van der Waals surface area contributed by atoms with E-state index >= 15 is 0 Å². The molecule has 0 saturated carbocycles. The normalized spacial score (nSPS) is 20.6. The maximum Gasteiger partial charge on any atom is 0.310 e. The van der Waals surface area contributed by atoms with Gasteiger partial charge in [-0.3, -0.25) is 9.59 Å². The minimum atomic E-state index is -0.658. The number of carbonyl (C=O) groups is 2. The molecule has 0 bridgehead atoms. The van der Waals surface area contributed by atoms with Crippen molar-refractivity contribution in [3.8, 4) is 40.2 Å². The molecule has 1 aliphatic carbocycles. The average Bonchev–Trinajstić information content (AvgIpc) is 3.83. The summed E-state index contributed by atoms with van der Waals surface area (Å²) in [5.74, 6) is 0.261. The second-order valence-electron chi connectivity index (χ2n) is 11.3. The third-order valence-electron chi connectivity index (χ3n) is 8.88. The fraction of sp³-hybridized carbons (Fsp3) is 0.333. The van der Waals surface area contributed by atoms with Crippen molar-refractivity contribution in [1.29, 1.82) is 0 Å². The zero-order valence-electron chi connectivity index (χ0n) is 26.0. The van der Waals surface area contributed by atoms with E-state index in [9.17, 15) is 14.7 Å². The number of ether oxygens (including phenoxy) is 7. The molecule has 2 N–H and O–H groups in total. The van der Waals surface area contributed by atoms with Crippen LogP contribution in [0, 0.1) is 11.8 Å². The third-order valence-corrected chi connectivity index (χ3v) is 8.88. The molecule has 0 unspecified atom stereocenters. The van der Waals surface area contributed by atoms with Crippen LogP contribution in [0.5, 0.6) is 40.2 Å². The van der Waals surface area contributed by atoms with Crippen molar-refractivity contribution in [2.24, 2.45) is 11.8 Å². The van der Waals surface area contributed by atoms with E-state index in [2.05, 4.69) is 15.6 Å². The minimum absolute atomic E-state index is 0.00683. The molecule has 47 heavy (non-hydrogen) atoms. The number of aromatic nitrogens is 3. The van der Waals surface area contributed by atoms with Crippen LogP contribution in [0.4, 0.5) is 0 Å². The second-order valence-corrected chi connectivity index (χ2v) is 11.3. The lowest BCUT2D eigenvalue weighted by Gasteiger charge is -2.39. The van der Waals surface area contributed by atoms with Gasteiger partial charge in [0.2, 0.25) is 12.5 Å². The van der Waals surface area contributed by atoms with Gasteiger partial charge in [-0.15, -0.1) is 5.10 Å². The van der Waals surface area contributed by atoms with E-state index in [0.29, 0.717) is 34.5 Å². The van der Waals surface area contributed by atoms with Gasteiger partial charge in [0.1, 0.15) is 0 Å². The van der Waals surface area contributed by atoms with E-state index < -0.39 is 29.7 Å². The quantitative estimate of drug-likeness (QED) is 0.257. The van der Waals surface area contributed by atoms with Crippen molar-refractivity contribution in [2.75, 3.05) is 41.8 Å². The molecule has 0 radical (unpaired) electrons. The number of phenolic OH excluding ortho intramolecular Hbond substituents is 1. The van der Waals surface area contributed by atoms with Gasteiger partial charge in [-0.1, -0.05) is 11.3 Å². The summed E-state index contributed by atoms with van der Waals surface area (Å²) in [5, 5.41) is 21.4. The van der Waals surface area contributed by atoms with Crippen molar-refractivity contribution in [3.63, 3.8) is 0 Å². The van der Waals surface area contributed by atoms with E-state index in [4.69, 9.17) is 33.2 Å². The van der Waals surface area contributed by atoms with Gasteiger partial charge in [-0.05, 0) is 58.7 Å². The second kappa shape index (κ2) is 11.9. The predicted molar refractivity (Wildman–Crippen MR) is 162 cm³/mol. The maximum absolute atomic E-state index is 13.7. The van der Waals surface area contributed by atoms with Gasteiger partial charge in [0.05, 0.1) is 59.7 Å². The van der Waals surface area contributed by atoms with Gasteiger partial charge >= 0.3 is 5.97 Å². The molecule has 3 aromatic carbocycles. The number of nitrogens with one attached hydrogen (secondary N) is 1. The molecule has 3 heterocycles. The van der Waals surface area contributed by atoms with Gasteiger partial charge in [0, 0.05) is 11.8 Å². The summed E-state index contributed by atoms with van der Waals surface area (Å²) >= 11 is 0. The Balaban J connectivity index is 1.25. The topological polar surface area (TPSA) is 162 Å². The highest BCUT2D eigenvalue weighted by atomic mass is 16.7. The number of cyclic esters (lactones) is 1. The van der Waals surface area contributed by atoms with Crippen LogP contribution in [-0.4, -0.2) is 73.8 Å². The molecule has 4 atom stereocenters. The van der Waals surface area contributed by atoms with Crippen molar-refractivity contribution in [2.45, 2.75) is 18.5 Å². The summed E-state index contributed by atoms with van der Waals surface area (Å²) < 4.78 is 40.5. The number of methoxy groups -OCH3 is 4. The lowest BCUT2D eigenvalue weighted by Crippen LogP contribution is -2.43. The third kappa shape index (κ3) is 5.15. The van der Waals surface area contributed by atoms with Crippen molar-refractivity contribution >= 4 is 11.9 Å². The van der Waals surface area contributed by atoms with Crippen LogP contribution in [0.15, 0.2) is 48.7 Å². The minimum Gasteiger partial charge on any atom is -0.504 e. The maximum atomic E-state index is 13.7. The van der Waals surface area contributed by atoms with Crippen LogP contribution >= 0.6 is 0 Å². The molecule has 4 aromatic rings. The summed E-state index contributed by atoms with van der Waals surface area (Å²) in [7, 11) is 6.06. The number of rotatable bonds is 9. The molecule has 14 heteroatoms. The van der Waals surface area contributed by atoms with Gasteiger partial charge in [0.15, 0.2) is 40.2 Å². The number of benzene rings is 3. The molecule has 1 amide bonds. The molecule has 0 spiro atoms. The van der Waals surface area contributed by atoms with E-state index in [1.54, 1.807) is 18.2 Å². The molecule has 1 fully saturated rings. The number of hydrogen-bond donors (Lipinski definition) is 2. The molecule has 2 aliphatic heterocycles. The smallest absolute Gasteiger partial charge is 0.310 e. The number of carbonyl (C=O) groups excluding carboxylic acids is 2. The Morgan fingerprint density at radius 1 is 0.936 bits per heavy atom. The standard InChI is InChI=1S/C33H32N4O10/c1-41-23-6-5-16(7-22(23)38)12-37-13-21(35-36-37)32(39)34-30-19-11-25-24(46-15-47-25)10-18(19)28(29-20(30)14-45-33(29)40)17-8-26(42-2)31(44-4)27(9-17)43-3/h5-11,13,20,28-30,38H,12,14-15H2,1-4H3,(H,34,39)/t20-,28+,29-,30+/m0/s1. The van der Waals surface area contributed by atoms with Crippen LogP contribution in [0.25, 0.3) is 0 Å². The summed E-state index contributed by atoms with van der Waals surface area (Å²) in [6.45, 7) is 0.405. The highest BCUT2D eigenvalue weighted by Gasteiger charge is 2.53. The largest absolute Gasteiger partial charge is 0.504 e. The molecule has 1 saturated heterocycles.